The zero-order valence-corrected chi connectivity index (χ0v) is 19.2. The number of esters is 1. The van der Waals surface area contributed by atoms with Crippen molar-refractivity contribution in [1.82, 2.24) is 19.1 Å². The van der Waals surface area contributed by atoms with Gasteiger partial charge in [0.1, 0.15) is 18.5 Å². The number of benzene rings is 3. The minimum absolute atomic E-state index is 0.0160. The molecule has 5 aromatic rings. The van der Waals surface area contributed by atoms with Gasteiger partial charge in [-0.1, -0.05) is 48.5 Å². The van der Waals surface area contributed by atoms with E-state index in [-0.39, 0.29) is 35.9 Å². The lowest BCUT2D eigenvalue weighted by atomic mass is 10.1. The Labute approximate surface area is 204 Å². The number of rotatable bonds is 7. The first-order valence-corrected chi connectivity index (χ1v) is 11.2. The van der Waals surface area contributed by atoms with Crippen molar-refractivity contribution in [2.45, 2.75) is 12.6 Å². The van der Waals surface area contributed by atoms with Crippen LogP contribution in [0.2, 0.25) is 0 Å². The molecule has 2 heterocycles. The summed E-state index contributed by atoms with van der Waals surface area (Å²) < 4.78 is 13.6. The SMILES string of the molecule is Cn1c(=O)[nH]c(=O)c2c1nc(OC(=O)c1ccccc1)n2CC(O)COc1ccc2ccccc2c1. The molecule has 182 valence electrons. The summed E-state index contributed by atoms with van der Waals surface area (Å²) in [6.07, 6.45) is -1.10. The number of hydrogen-bond donors (Lipinski definition) is 2. The second kappa shape index (κ2) is 9.51. The predicted molar refractivity (Wildman–Crippen MR) is 132 cm³/mol. The number of nitrogens with one attached hydrogen (secondary N) is 1. The Kier molecular flexibility index (Phi) is 6.09. The number of carbonyl (C=O) groups is 1. The van der Waals surface area contributed by atoms with Crippen LogP contribution in [-0.4, -0.2) is 42.9 Å². The smallest absolute Gasteiger partial charge is 0.345 e. The van der Waals surface area contributed by atoms with Gasteiger partial charge in [-0.25, -0.2) is 9.59 Å². The van der Waals surface area contributed by atoms with E-state index in [1.165, 1.54) is 11.6 Å². The summed E-state index contributed by atoms with van der Waals surface area (Å²) in [4.78, 5) is 43.8. The number of H-pyrrole nitrogens is 1. The molecule has 0 amide bonds. The summed E-state index contributed by atoms with van der Waals surface area (Å²) >= 11 is 0. The third-order valence-corrected chi connectivity index (χ3v) is 5.72. The van der Waals surface area contributed by atoms with Crippen LogP contribution >= 0.6 is 0 Å². The molecule has 0 saturated carbocycles. The normalized spacial score (nSPS) is 12.1. The molecule has 1 atom stereocenters. The Morgan fingerprint density at radius 2 is 1.75 bits per heavy atom. The van der Waals surface area contributed by atoms with E-state index >= 15 is 0 Å². The van der Waals surface area contributed by atoms with Gasteiger partial charge in [-0.2, -0.15) is 4.98 Å². The first kappa shape index (κ1) is 23.1. The summed E-state index contributed by atoms with van der Waals surface area (Å²) in [6, 6.07) is 21.4. The molecule has 0 aliphatic carbocycles. The molecular formula is C26H22N4O6. The second-order valence-electron chi connectivity index (χ2n) is 8.22. The lowest BCUT2D eigenvalue weighted by molar-refractivity contribution is 0.0684. The van der Waals surface area contributed by atoms with Gasteiger partial charge in [0.05, 0.1) is 12.1 Å². The molecule has 1 unspecified atom stereocenters. The van der Waals surface area contributed by atoms with Crippen molar-refractivity contribution in [3.05, 3.63) is 99.2 Å². The number of aliphatic hydroxyl groups excluding tert-OH is 1. The molecule has 0 bridgehead atoms. The molecule has 36 heavy (non-hydrogen) atoms. The monoisotopic (exact) mass is 486 g/mol. The lowest BCUT2D eigenvalue weighted by Gasteiger charge is -2.15. The third kappa shape index (κ3) is 4.49. The van der Waals surface area contributed by atoms with E-state index in [9.17, 15) is 19.5 Å². The number of carbonyl (C=O) groups excluding carboxylic acids is 1. The summed E-state index contributed by atoms with van der Waals surface area (Å²) in [5, 5.41) is 12.8. The van der Waals surface area contributed by atoms with E-state index in [1.807, 2.05) is 36.4 Å². The van der Waals surface area contributed by atoms with Gasteiger partial charge >= 0.3 is 17.7 Å². The average molecular weight is 486 g/mol. The summed E-state index contributed by atoms with van der Waals surface area (Å²) in [6.45, 7) is -0.281. The third-order valence-electron chi connectivity index (χ3n) is 5.72. The first-order chi connectivity index (χ1) is 17.4. The maximum Gasteiger partial charge on any atom is 0.345 e. The van der Waals surface area contributed by atoms with Crippen molar-refractivity contribution in [2.24, 2.45) is 7.05 Å². The fraction of sp³-hybridized carbons (Fsp3) is 0.154. The second-order valence-corrected chi connectivity index (χ2v) is 8.22. The molecule has 10 heteroatoms. The zero-order chi connectivity index (χ0) is 25.2. The van der Waals surface area contributed by atoms with Gasteiger partial charge in [0.15, 0.2) is 11.2 Å². The van der Waals surface area contributed by atoms with Crippen LogP contribution in [0.3, 0.4) is 0 Å². The van der Waals surface area contributed by atoms with Crippen molar-refractivity contribution in [2.75, 3.05) is 6.61 Å². The summed E-state index contributed by atoms with van der Waals surface area (Å²) in [7, 11) is 1.43. The Morgan fingerprint density at radius 3 is 2.53 bits per heavy atom. The molecule has 3 aromatic carbocycles. The highest BCUT2D eigenvalue weighted by Gasteiger charge is 2.23. The molecule has 0 fully saturated rings. The lowest BCUT2D eigenvalue weighted by Crippen LogP contribution is -2.30. The van der Waals surface area contributed by atoms with Gasteiger partial charge in [-0.15, -0.1) is 0 Å². The van der Waals surface area contributed by atoms with Gasteiger partial charge in [0, 0.05) is 7.05 Å². The topological polar surface area (TPSA) is 128 Å². The van der Waals surface area contributed by atoms with Crippen molar-refractivity contribution < 1.29 is 19.4 Å². The van der Waals surface area contributed by atoms with Crippen LogP contribution in [0.1, 0.15) is 10.4 Å². The Balaban J connectivity index is 1.43. The highest BCUT2D eigenvalue weighted by Crippen LogP contribution is 2.22. The number of fused-ring (bicyclic) bond motifs is 2. The van der Waals surface area contributed by atoms with Crippen LogP contribution in [0.15, 0.2) is 82.4 Å². The highest BCUT2D eigenvalue weighted by atomic mass is 16.6. The highest BCUT2D eigenvalue weighted by molar-refractivity contribution is 5.91. The van der Waals surface area contributed by atoms with Crippen molar-refractivity contribution >= 4 is 27.9 Å². The summed E-state index contributed by atoms with van der Waals surface area (Å²) in [5.74, 6) is -0.130. The van der Waals surface area contributed by atoms with Crippen LogP contribution in [0, 0.1) is 0 Å². The van der Waals surface area contributed by atoms with Crippen LogP contribution < -0.4 is 20.7 Å². The van der Waals surface area contributed by atoms with E-state index in [4.69, 9.17) is 9.47 Å². The molecule has 0 spiro atoms. The van der Waals surface area contributed by atoms with Crippen molar-refractivity contribution in [3.63, 3.8) is 0 Å². The Morgan fingerprint density at radius 1 is 1.03 bits per heavy atom. The number of aryl methyl sites for hydroxylation is 1. The van der Waals surface area contributed by atoms with Gasteiger partial charge < -0.3 is 14.6 Å². The first-order valence-electron chi connectivity index (χ1n) is 11.2. The number of imidazole rings is 1. The van der Waals surface area contributed by atoms with Crippen LogP contribution in [0.5, 0.6) is 11.8 Å². The standard InChI is InChI=1S/C26H22N4O6/c1-29-22-21(23(32)28-25(29)34)30(26(27-22)36-24(33)17-8-3-2-4-9-17)14-19(31)15-35-20-12-11-16-7-5-6-10-18(16)13-20/h2-13,19,31H,14-15H2,1H3,(H,28,32,34). The maximum atomic E-state index is 12.7. The molecule has 0 aliphatic heterocycles. The van der Waals surface area contributed by atoms with Gasteiger partial charge in [-0.05, 0) is 35.0 Å². The number of aromatic amines is 1. The Hall–Kier alpha value is -4.70. The number of aliphatic hydroxyl groups is 1. The number of hydrogen-bond acceptors (Lipinski definition) is 7. The average Bonchev–Trinajstić information content (AvgIpc) is 3.24. The van der Waals surface area contributed by atoms with Crippen molar-refractivity contribution in [3.8, 4) is 11.8 Å². The minimum atomic E-state index is -1.10. The van der Waals surface area contributed by atoms with Gasteiger partial charge in [0.2, 0.25) is 0 Å². The minimum Gasteiger partial charge on any atom is -0.491 e. The Bertz CT molecular complexity index is 1690. The van der Waals surface area contributed by atoms with Crippen LogP contribution in [0.25, 0.3) is 21.9 Å². The molecule has 0 radical (unpaired) electrons. The molecule has 5 rings (SSSR count). The fourth-order valence-electron chi connectivity index (χ4n) is 3.89. The van der Waals surface area contributed by atoms with Gasteiger partial charge in [0.25, 0.3) is 5.56 Å². The quantitative estimate of drug-likeness (QED) is 0.338. The van der Waals surface area contributed by atoms with E-state index in [0.717, 1.165) is 15.3 Å². The van der Waals surface area contributed by atoms with Crippen LogP contribution in [0.4, 0.5) is 0 Å². The van der Waals surface area contributed by atoms with E-state index in [0.29, 0.717) is 5.75 Å². The predicted octanol–water partition coefficient (Wildman–Crippen LogP) is 2.24. The van der Waals surface area contributed by atoms with Gasteiger partial charge in [-0.3, -0.25) is 18.9 Å². The maximum absolute atomic E-state index is 12.7. The van der Waals surface area contributed by atoms with Crippen LogP contribution in [-0.2, 0) is 13.6 Å². The van der Waals surface area contributed by atoms with E-state index in [2.05, 4.69) is 9.97 Å². The summed E-state index contributed by atoms with van der Waals surface area (Å²) in [5.41, 5.74) is -1.11. The van der Waals surface area contributed by atoms with E-state index < -0.39 is 23.3 Å². The number of nitrogens with zero attached hydrogens (tertiary/aromatic N) is 3. The van der Waals surface area contributed by atoms with E-state index in [1.54, 1.807) is 36.4 Å². The van der Waals surface area contributed by atoms with Crippen molar-refractivity contribution in [1.29, 1.82) is 0 Å². The molecule has 0 aliphatic rings. The molecular weight excluding hydrogens is 464 g/mol. The fourth-order valence-corrected chi connectivity index (χ4v) is 3.89. The molecule has 0 saturated heterocycles. The molecule has 2 N–H and O–H groups in total. The molecule has 2 aromatic heterocycles. The largest absolute Gasteiger partial charge is 0.491 e. The number of aromatic nitrogens is 4. The zero-order valence-electron chi connectivity index (χ0n) is 19.2. The number of ether oxygens (including phenoxy) is 2. The molecule has 10 nitrogen and oxygen atoms in total.